The lowest BCUT2D eigenvalue weighted by atomic mass is 9.87. The molecule has 1 unspecified atom stereocenters. The van der Waals surface area contributed by atoms with Gasteiger partial charge in [-0.25, -0.2) is 0 Å². The van der Waals surface area contributed by atoms with Gasteiger partial charge in [-0.1, -0.05) is 48.0 Å². The Morgan fingerprint density at radius 2 is 2.06 bits per heavy atom. The predicted octanol–water partition coefficient (Wildman–Crippen LogP) is 3.81. The van der Waals surface area contributed by atoms with Crippen molar-refractivity contribution in [3.05, 3.63) is 76.6 Å². The van der Waals surface area contributed by atoms with Crippen LogP contribution in [0, 0.1) is 0 Å². The summed E-state index contributed by atoms with van der Waals surface area (Å²) in [4.78, 5) is 3.99. The van der Waals surface area contributed by atoms with Crippen molar-refractivity contribution in [2.24, 2.45) is 0 Å². The summed E-state index contributed by atoms with van der Waals surface area (Å²) in [6.45, 7) is 3.68. The fourth-order valence-electron chi connectivity index (χ4n) is 1.77. The van der Waals surface area contributed by atoms with Crippen molar-refractivity contribution >= 4 is 23.2 Å². The second kappa shape index (κ2) is 5.11. The number of aromatic nitrogens is 1. The Morgan fingerprint density at radius 3 is 2.61 bits per heavy atom. The van der Waals surface area contributed by atoms with Crippen molar-refractivity contribution in [1.82, 2.24) is 4.98 Å². The normalized spacial score (nSPS) is 13.9. The Bertz CT molecular complexity index is 571. The molecular formula is C14H11Cl2NO. The van der Waals surface area contributed by atoms with Gasteiger partial charge in [0, 0.05) is 33.6 Å². The largest absolute Gasteiger partial charge is 0.377 e. The van der Waals surface area contributed by atoms with Crippen LogP contribution < -0.4 is 0 Å². The number of rotatable bonds is 3. The van der Waals surface area contributed by atoms with Crippen LogP contribution in [0.3, 0.4) is 0 Å². The molecule has 18 heavy (non-hydrogen) atoms. The van der Waals surface area contributed by atoms with E-state index < -0.39 is 5.60 Å². The Hall–Kier alpha value is -1.35. The van der Waals surface area contributed by atoms with Crippen LogP contribution >= 0.6 is 23.2 Å². The van der Waals surface area contributed by atoms with Crippen LogP contribution in [0.1, 0.15) is 11.1 Å². The standard InChI is InChI=1S/C14H11Cl2NO/c1-2-14(18,10-4-3-7-17-9-10)12-6-5-11(15)8-13(12)16/h2-9,18H,1H2. The van der Waals surface area contributed by atoms with E-state index in [9.17, 15) is 5.11 Å². The van der Waals surface area contributed by atoms with E-state index in [0.717, 1.165) is 0 Å². The van der Waals surface area contributed by atoms with E-state index in [2.05, 4.69) is 11.6 Å². The maximum atomic E-state index is 10.7. The molecule has 0 aliphatic rings. The fraction of sp³-hybridized carbons (Fsp3) is 0.0714. The average Bonchev–Trinajstić information content (AvgIpc) is 2.39. The molecular weight excluding hydrogens is 269 g/mol. The molecule has 0 saturated heterocycles. The SMILES string of the molecule is C=CC(O)(c1cccnc1)c1ccc(Cl)cc1Cl. The maximum absolute atomic E-state index is 10.7. The second-order valence-electron chi connectivity index (χ2n) is 3.84. The van der Waals surface area contributed by atoms with E-state index in [0.29, 0.717) is 21.2 Å². The third kappa shape index (κ3) is 2.27. The van der Waals surface area contributed by atoms with Crippen LogP contribution in [0.5, 0.6) is 0 Å². The summed E-state index contributed by atoms with van der Waals surface area (Å²) in [7, 11) is 0. The summed E-state index contributed by atoms with van der Waals surface area (Å²) in [6, 6.07) is 8.45. The Balaban J connectivity index is 2.60. The van der Waals surface area contributed by atoms with E-state index in [1.165, 1.54) is 6.08 Å². The Labute approximate surface area is 116 Å². The summed E-state index contributed by atoms with van der Waals surface area (Å²) in [6.07, 6.45) is 4.64. The van der Waals surface area contributed by atoms with E-state index in [4.69, 9.17) is 23.2 Å². The van der Waals surface area contributed by atoms with Crippen LogP contribution in [0.15, 0.2) is 55.4 Å². The molecule has 1 heterocycles. The van der Waals surface area contributed by atoms with Crippen molar-refractivity contribution in [3.63, 3.8) is 0 Å². The molecule has 2 nitrogen and oxygen atoms in total. The van der Waals surface area contributed by atoms with Crippen molar-refractivity contribution in [2.75, 3.05) is 0 Å². The minimum atomic E-state index is -1.38. The summed E-state index contributed by atoms with van der Waals surface area (Å²) in [5.74, 6) is 0. The maximum Gasteiger partial charge on any atom is 0.136 e. The highest BCUT2D eigenvalue weighted by molar-refractivity contribution is 6.35. The third-order valence-electron chi connectivity index (χ3n) is 2.74. The summed E-state index contributed by atoms with van der Waals surface area (Å²) in [5.41, 5.74) is -0.253. The second-order valence-corrected chi connectivity index (χ2v) is 4.68. The minimum absolute atomic E-state index is 0.383. The molecule has 0 aliphatic heterocycles. The zero-order valence-electron chi connectivity index (χ0n) is 9.48. The van der Waals surface area contributed by atoms with Crippen LogP contribution in [0.25, 0.3) is 0 Å². The van der Waals surface area contributed by atoms with Gasteiger partial charge in [-0.2, -0.15) is 0 Å². The van der Waals surface area contributed by atoms with Gasteiger partial charge in [0.15, 0.2) is 0 Å². The molecule has 0 saturated carbocycles. The Kier molecular flexibility index (Phi) is 3.71. The smallest absolute Gasteiger partial charge is 0.136 e. The quantitative estimate of drug-likeness (QED) is 0.867. The minimum Gasteiger partial charge on any atom is -0.377 e. The van der Waals surface area contributed by atoms with Gasteiger partial charge in [0.2, 0.25) is 0 Å². The molecule has 0 amide bonds. The first-order valence-electron chi connectivity index (χ1n) is 5.30. The molecule has 0 fully saturated rings. The van der Waals surface area contributed by atoms with E-state index in [1.54, 1.807) is 42.7 Å². The van der Waals surface area contributed by atoms with Gasteiger partial charge in [0.1, 0.15) is 5.60 Å². The molecule has 0 radical (unpaired) electrons. The van der Waals surface area contributed by atoms with Crippen LogP contribution in [-0.4, -0.2) is 10.1 Å². The summed E-state index contributed by atoms with van der Waals surface area (Å²) in [5, 5.41) is 11.6. The van der Waals surface area contributed by atoms with Gasteiger partial charge in [-0.05, 0) is 18.2 Å². The van der Waals surface area contributed by atoms with Gasteiger partial charge in [-0.3, -0.25) is 4.98 Å². The number of hydrogen-bond donors (Lipinski definition) is 1. The molecule has 4 heteroatoms. The summed E-state index contributed by atoms with van der Waals surface area (Å²) >= 11 is 12.0. The molecule has 0 bridgehead atoms. The van der Waals surface area contributed by atoms with E-state index in [1.807, 2.05) is 0 Å². The predicted molar refractivity (Wildman–Crippen MR) is 73.9 cm³/mol. The van der Waals surface area contributed by atoms with Gasteiger partial charge in [-0.15, -0.1) is 0 Å². The van der Waals surface area contributed by atoms with Crippen LogP contribution in [-0.2, 0) is 5.60 Å². The number of nitrogens with zero attached hydrogens (tertiary/aromatic N) is 1. The number of halogens is 2. The van der Waals surface area contributed by atoms with Gasteiger partial charge in [0.25, 0.3) is 0 Å². The highest BCUT2D eigenvalue weighted by Gasteiger charge is 2.30. The molecule has 1 aromatic carbocycles. The number of pyridine rings is 1. The fourth-order valence-corrected chi connectivity index (χ4v) is 2.32. The lowest BCUT2D eigenvalue weighted by Gasteiger charge is -2.26. The Morgan fingerprint density at radius 1 is 1.28 bits per heavy atom. The van der Waals surface area contributed by atoms with Gasteiger partial charge < -0.3 is 5.11 Å². The number of hydrogen-bond acceptors (Lipinski definition) is 2. The van der Waals surface area contributed by atoms with Crippen molar-refractivity contribution in [1.29, 1.82) is 0 Å². The first-order valence-corrected chi connectivity index (χ1v) is 6.05. The highest BCUT2D eigenvalue weighted by atomic mass is 35.5. The average molecular weight is 280 g/mol. The van der Waals surface area contributed by atoms with Crippen LogP contribution in [0.4, 0.5) is 0 Å². The zero-order valence-corrected chi connectivity index (χ0v) is 11.0. The molecule has 1 aromatic heterocycles. The van der Waals surface area contributed by atoms with E-state index >= 15 is 0 Å². The lowest BCUT2D eigenvalue weighted by Crippen LogP contribution is -2.24. The number of benzene rings is 1. The van der Waals surface area contributed by atoms with Crippen molar-refractivity contribution < 1.29 is 5.11 Å². The van der Waals surface area contributed by atoms with Crippen molar-refractivity contribution in [2.45, 2.75) is 5.60 Å². The van der Waals surface area contributed by atoms with Gasteiger partial charge >= 0.3 is 0 Å². The number of aliphatic hydroxyl groups is 1. The first kappa shape index (κ1) is 13.1. The third-order valence-corrected chi connectivity index (χ3v) is 3.29. The molecule has 0 spiro atoms. The lowest BCUT2D eigenvalue weighted by molar-refractivity contribution is 0.134. The molecule has 92 valence electrons. The van der Waals surface area contributed by atoms with E-state index in [-0.39, 0.29) is 0 Å². The summed E-state index contributed by atoms with van der Waals surface area (Å²) < 4.78 is 0. The van der Waals surface area contributed by atoms with Crippen LogP contribution in [0.2, 0.25) is 10.0 Å². The monoisotopic (exact) mass is 279 g/mol. The molecule has 2 aromatic rings. The molecule has 2 rings (SSSR count). The topological polar surface area (TPSA) is 33.1 Å². The molecule has 0 aliphatic carbocycles. The molecule has 1 atom stereocenters. The van der Waals surface area contributed by atoms with Crippen molar-refractivity contribution in [3.8, 4) is 0 Å². The first-order chi connectivity index (χ1) is 8.58. The molecule has 1 N–H and O–H groups in total. The van der Waals surface area contributed by atoms with Gasteiger partial charge in [0.05, 0.1) is 0 Å². The highest BCUT2D eigenvalue weighted by Crippen LogP contribution is 2.36. The zero-order chi connectivity index (χ0) is 13.2.